The van der Waals surface area contributed by atoms with Crippen LogP contribution in [0.3, 0.4) is 0 Å². The number of nitrogen functional groups attached to an aromatic ring is 1. The standard InChI is InChI=1S/C12H15N3OS/c13-9-1-2-10-11(7-9)17-8-12(14-10)15-3-5-16-6-4-15/h1-2,7H,3-6,8,13H2. The van der Waals surface area contributed by atoms with Crippen molar-refractivity contribution >= 4 is 29.0 Å². The van der Waals surface area contributed by atoms with Gasteiger partial charge < -0.3 is 15.4 Å². The van der Waals surface area contributed by atoms with Crippen LogP contribution in [-0.4, -0.2) is 42.8 Å². The fourth-order valence-electron chi connectivity index (χ4n) is 2.04. The van der Waals surface area contributed by atoms with E-state index >= 15 is 0 Å². The molecule has 90 valence electrons. The summed E-state index contributed by atoms with van der Waals surface area (Å²) in [6.45, 7) is 3.50. The lowest BCUT2D eigenvalue weighted by Gasteiger charge is -2.31. The number of hydrogen-bond acceptors (Lipinski definition) is 5. The number of anilines is 1. The largest absolute Gasteiger partial charge is 0.399 e. The summed E-state index contributed by atoms with van der Waals surface area (Å²) in [4.78, 5) is 8.22. The van der Waals surface area contributed by atoms with Crippen LogP contribution in [0.1, 0.15) is 0 Å². The van der Waals surface area contributed by atoms with Gasteiger partial charge in [0.15, 0.2) is 0 Å². The van der Waals surface area contributed by atoms with Crippen molar-refractivity contribution in [3.05, 3.63) is 18.2 Å². The van der Waals surface area contributed by atoms with Gasteiger partial charge in [-0.2, -0.15) is 0 Å². The van der Waals surface area contributed by atoms with Crippen molar-refractivity contribution in [1.29, 1.82) is 0 Å². The highest BCUT2D eigenvalue weighted by molar-refractivity contribution is 8.00. The maximum Gasteiger partial charge on any atom is 0.115 e. The summed E-state index contributed by atoms with van der Waals surface area (Å²) < 4.78 is 5.36. The third-order valence-electron chi connectivity index (χ3n) is 2.97. The SMILES string of the molecule is Nc1ccc2c(c1)SCC(N1CCOCC1)=N2. The number of amidine groups is 1. The number of morpholine rings is 1. The number of nitrogens with two attached hydrogens (primary N) is 1. The van der Waals surface area contributed by atoms with Gasteiger partial charge in [0.1, 0.15) is 5.84 Å². The monoisotopic (exact) mass is 249 g/mol. The van der Waals surface area contributed by atoms with Gasteiger partial charge in [0.2, 0.25) is 0 Å². The quantitative estimate of drug-likeness (QED) is 0.712. The van der Waals surface area contributed by atoms with Gasteiger partial charge in [0, 0.05) is 23.7 Å². The van der Waals surface area contributed by atoms with Crippen LogP contribution >= 0.6 is 11.8 Å². The van der Waals surface area contributed by atoms with Gasteiger partial charge in [0.05, 0.1) is 24.7 Å². The second kappa shape index (κ2) is 4.58. The molecule has 0 radical (unpaired) electrons. The van der Waals surface area contributed by atoms with Gasteiger partial charge in [-0.25, -0.2) is 4.99 Å². The Morgan fingerprint density at radius 3 is 2.94 bits per heavy atom. The first kappa shape index (κ1) is 10.9. The minimum Gasteiger partial charge on any atom is -0.399 e. The van der Waals surface area contributed by atoms with Crippen LogP contribution in [0.25, 0.3) is 0 Å². The number of fused-ring (bicyclic) bond motifs is 1. The van der Waals surface area contributed by atoms with Crippen molar-refractivity contribution in [2.24, 2.45) is 4.99 Å². The molecular formula is C12H15N3OS. The average molecular weight is 249 g/mol. The molecule has 2 N–H and O–H groups in total. The van der Waals surface area contributed by atoms with Crippen molar-refractivity contribution in [3.63, 3.8) is 0 Å². The molecule has 2 aliphatic rings. The minimum absolute atomic E-state index is 0.804. The first-order valence-electron chi connectivity index (χ1n) is 5.75. The highest BCUT2D eigenvalue weighted by atomic mass is 32.2. The van der Waals surface area contributed by atoms with Crippen molar-refractivity contribution in [3.8, 4) is 0 Å². The van der Waals surface area contributed by atoms with Crippen LogP contribution in [0.2, 0.25) is 0 Å². The zero-order valence-electron chi connectivity index (χ0n) is 9.56. The highest BCUT2D eigenvalue weighted by Gasteiger charge is 2.19. The fraction of sp³-hybridized carbons (Fsp3) is 0.417. The van der Waals surface area contributed by atoms with Crippen LogP contribution in [0.4, 0.5) is 11.4 Å². The van der Waals surface area contributed by atoms with E-state index < -0.39 is 0 Å². The molecule has 0 aliphatic carbocycles. The molecule has 0 bridgehead atoms. The summed E-state index contributed by atoms with van der Waals surface area (Å²) in [7, 11) is 0. The van der Waals surface area contributed by atoms with Crippen molar-refractivity contribution in [1.82, 2.24) is 4.90 Å². The van der Waals surface area contributed by atoms with E-state index in [2.05, 4.69) is 4.90 Å². The smallest absolute Gasteiger partial charge is 0.115 e. The normalized spacial score (nSPS) is 19.8. The Kier molecular flexibility index (Phi) is 2.94. The summed E-state index contributed by atoms with van der Waals surface area (Å²) in [6.07, 6.45) is 0. The molecule has 3 rings (SSSR count). The third kappa shape index (κ3) is 2.25. The summed E-state index contributed by atoms with van der Waals surface area (Å²) in [5.41, 5.74) is 7.62. The van der Waals surface area contributed by atoms with E-state index in [0.29, 0.717) is 0 Å². The maximum atomic E-state index is 5.77. The van der Waals surface area contributed by atoms with Gasteiger partial charge in [-0.15, -0.1) is 11.8 Å². The van der Waals surface area contributed by atoms with Crippen LogP contribution in [0, 0.1) is 0 Å². The molecule has 0 atom stereocenters. The van der Waals surface area contributed by atoms with Gasteiger partial charge in [-0.05, 0) is 18.2 Å². The second-order valence-electron chi connectivity index (χ2n) is 4.14. The van der Waals surface area contributed by atoms with Crippen LogP contribution in [0.15, 0.2) is 28.1 Å². The number of thioether (sulfide) groups is 1. The lowest BCUT2D eigenvalue weighted by atomic mass is 10.3. The molecule has 2 aliphatic heterocycles. The maximum absolute atomic E-state index is 5.77. The molecule has 0 saturated carbocycles. The second-order valence-corrected chi connectivity index (χ2v) is 5.16. The number of benzene rings is 1. The molecule has 0 spiro atoms. The minimum atomic E-state index is 0.804. The molecule has 0 unspecified atom stereocenters. The molecule has 0 aromatic heterocycles. The van der Waals surface area contributed by atoms with E-state index in [1.54, 1.807) is 0 Å². The summed E-state index contributed by atoms with van der Waals surface area (Å²) in [5, 5.41) is 0. The molecule has 1 fully saturated rings. The summed E-state index contributed by atoms with van der Waals surface area (Å²) >= 11 is 1.81. The van der Waals surface area contributed by atoms with Crippen molar-refractivity contribution < 1.29 is 4.74 Å². The summed E-state index contributed by atoms with van der Waals surface area (Å²) in [5.74, 6) is 2.09. The molecular weight excluding hydrogens is 234 g/mol. The Labute approximate surface area is 105 Å². The van der Waals surface area contributed by atoms with E-state index in [9.17, 15) is 0 Å². The van der Waals surface area contributed by atoms with Crippen LogP contribution in [-0.2, 0) is 4.74 Å². The van der Waals surface area contributed by atoms with E-state index in [4.69, 9.17) is 15.5 Å². The number of ether oxygens (including phenoxy) is 1. The number of nitrogens with zero attached hydrogens (tertiary/aromatic N) is 2. The molecule has 1 saturated heterocycles. The van der Waals surface area contributed by atoms with Crippen molar-refractivity contribution in [2.75, 3.05) is 37.8 Å². The highest BCUT2D eigenvalue weighted by Crippen LogP contribution is 2.35. The topological polar surface area (TPSA) is 50.8 Å². The van der Waals surface area contributed by atoms with Crippen LogP contribution < -0.4 is 5.73 Å². The Balaban J connectivity index is 1.86. The Morgan fingerprint density at radius 2 is 2.12 bits per heavy atom. The van der Waals surface area contributed by atoms with E-state index in [0.717, 1.165) is 49.3 Å². The first-order valence-corrected chi connectivity index (χ1v) is 6.74. The molecule has 0 amide bonds. The van der Waals surface area contributed by atoms with Crippen molar-refractivity contribution in [2.45, 2.75) is 4.90 Å². The van der Waals surface area contributed by atoms with Crippen LogP contribution in [0.5, 0.6) is 0 Å². The molecule has 2 heterocycles. The predicted molar refractivity (Wildman–Crippen MR) is 71.1 cm³/mol. The van der Waals surface area contributed by atoms with Gasteiger partial charge >= 0.3 is 0 Å². The summed E-state index contributed by atoms with van der Waals surface area (Å²) in [6, 6.07) is 5.90. The van der Waals surface area contributed by atoms with E-state index in [1.165, 1.54) is 4.90 Å². The molecule has 4 nitrogen and oxygen atoms in total. The lowest BCUT2D eigenvalue weighted by Crippen LogP contribution is -2.42. The van der Waals surface area contributed by atoms with E-state index in [1.807, 2.05) is 30.0 Å². The Hall–Kier alpha value is -1.20. The Morgan fingerprint density at radius 1 is 1.29 bits per heavy atom. The molecule has 5 heteroatoms. The first-order chi connectivity index (χ1) is 8.33. The average Bonchev–Trinajstić information content (AvgIpc) is 2.39. The molecule has 17 heavy (non-hydrogen) atoms. The fourth-order valence-corrected chi connectivity index (χ4v) is 3.05. The molecule has 1 aromatic rings. The predicted octanol–water partition coefficient (Wildman–Crippen LogP) is 1.74. The zero-order chi connectivity index (χ0) is 11.7. The third-order valence-corrected chi connectivity index (χ3v) is 4.01. The van der Waals surface area contributed by atoms with Gasteiger partial charge in [-0.3, -0.25) is 0 Å². The number of aliphatic imine (C=N–C) groups is 1. The van der Waals surface area contributed by atoms with Gasteiger partial charge in [-0.1, -0.05) is 0 Å². The van der Waals surface area contributed by atoms with Gasteiger partial charge in [0.25, 0.3) is 0 Å². The zero-order valence-corrected chi connectivity index (χ0v) is 10.4. The number of hydrogen-bond donors (Lipinski definition) is 1. The lowest BCUT2D eigenvalue weighted by molar-refractivity contribution is 0.0679. The molecule has 1 aromatic carbocycles. The Bertz CT molecular complexity index is 455. The van der Waals surface area contributed by atoms with E-state index in [-0.39, 0.29) is 0 Å². The number of rotatable bonds is 0.